The summed E-state index contributed by atoms with van der Waals surface area (Å²) < 4.78 is 26.7. The molecular formula is C18H30O13. The highest BCUT2D eigenvalue weighted by atomic mass is 16.6. The number of hydrogen-bond donors (Lipinski definition) is 4. The number of aliphatic carboxylic acids is 4. The molecule has 0 amide bonds. The molecule has 0 radical (unpaired) electrons. The molecule has 2 unspecified atom stereocenters. The maximum atomic E-state index is 10.6. The van der Waals surface area contributed by atoms with E-state index < -0.39 is 36.1 Å². The van der Waals surface area contributed by atoms with Crippen molar-refractivity contribution < 1.29 is 63.3 Å². The van der Waals surface area contributed by atoms with Gasteiger partial charge in [-0.05, 0) is 0 Å². The van der Waals surface area contributed by atoms with Gasteiger partial charge in [0.2, 0.25) is 0 Å². The highest BCUT2D eigenvalue weighted by Gasteiger charge is 2.16. The van der Waals surface area contributed by atoms with Gasteiger partial charge in [0.1, 0.15) is 12.2 Å². The van der Waals surface area contributed by atoms with Crippen LogP contribution >= 0.6 is 0 Å². The minimum atomic E-state index is -1.04. The Labute approximate surface area is 178 Å². The smallest absolute Gasteiger partial charge is 0.305 e. The second kappa shape index (κ2) is 18.4. The molecule has 0 fully saturated rings. The number of carbonyl (C=O) groups is 4. The monoisotopic (exact) mass is 454 g/mol. The lowest BCUT2D eigenvalue weighted by Crippen LogP contribution is -2.32. The summed E-state index contributed by atoms with van der Waals surface area (Å²) in [5.41, 5.74) is 0. The van der Waals surface area contributed by atoms with Crippen LogP contribution in [0.25, 0.3) is 0 Å². The third kappa shape index (κ3) is 20.7. The van der Waals surface area contributed by atoms with Gasteiger partial charge >= 0.3 is 23.9 Å². The lowest BCUT2D eigenvalue weighted by molar-refractivity contribution is -0.143. The highest BCUT2D eigenvalue weighted by Crippen LogP contribution is 2.02. The first-order valence-electron chi connectivity index (χ1n) is 9.54. The SMILES string of the molecule is O=C(O)CCOCC(COCC(COCCC(=O)O)OCCC(=O)O)OCCC(=O)O. The van der Waals surface area contributed by atoms with Crippen LogP contribution in [0.3, 0.4) is 0 Å². The Bertz CT molecular complexity index is 491. The van der Waals surface area contributed by atoms with E-state index in [0.29, 0.717) is 0 Å². The van der Waals surface area contributed by atoms with E-state index in [1.54, 1.807) is 0 Å². The van der Waals surface area contributed by atoms with Gasteiger partial charge in [-0.15, -0.1) is 0 Å². The minimum Gasteiger partial charge on any atom is -0.481 e. The van der Waals surface area contributed by atoms with Gasteiger partial charge in [0.05, 0.1) is 78.5 Å². The molecule has 2 atom stereocenters. The predicted octanol–water partition coefficient (Wildman–Crippen LogP) is -0.295. The lowest BCUT2D eigenvalue weighted by atomic mass is 10.3. The van der Waals surface area contributed by atoms with Crippen LogP contribution in [0.2, 0.25) is 0 Å². The van der Waals surface area contributed by atoms with Crippen LogP contribution in [0.15, 0.2) is 0 Å². The summed E-state index contributed by atoms with van der Waals surface area (Å²) in [4.78, 5) is 42.3. The van der Waals surface area contributed by atoms with Crippen LogP contribution in [0, 0.1) is 0 Å². The van der Waals surface area contributed by atoms with Crippen molar-refractivity contribution in [2.24, 2.45) is 0 Å². The molecule has 0 aliphatic rings. The summed E-state index contributed by atoms with van der Waals surface area (Å²) in [6.45, 7) is -0.385. The minimum absolute atomic E-state index is 0.0213. The van der Waals surface area contributed by atoms with E-state index in [0.717, 1.165) is 0 Å². The van der Waals surface area contributed by atoms with Crippen molar-refractivity contribution in [3.63, 3.8) is 0 Å². The van der Waals surface area contributed by atoms with Crippen molar-refractivity contribution in [2.75, 3.05) is 52.9 Å². The van der Waals surface area contributed by atoms with Crippen LogP contribution in [0.1, 0.15) is 25.7 Å². The Morgan fingerprint density at radius 2 is 0.774 bits per heavy atom. The van der Waals surface area contributed by atoms with Gasteiger partial charge in [0.15, 0.2) is 0 Å². The van der Waals surface area contributed by atoms with Crippen LogP contribution in [-0.4, -0.2) is 109 Å². The van der Waals surface area contributed by atoms with Gasteiger partial charge in [-0.25, -0.2) is 0 Å². The van der Waals surface area contributed by atoms with Crippen molar-refractivity contribution >= 4 is 23.9 Å². The van der Waals surface area contributed by atoms with Gasteiger partial charge < -0.3 is 44.1 Å². The summed E-state index contributed by atoms with van der Waals surface area (Å²) >= 11 is 0. The molecule has 0 aliphatic heterocycles. The fourth-order valence-corrected chi connectivity index (χ4v) is 1.99. The van der Waals surface area contributed by atoms with Crippen molar-refractivity contribution in [2.45, 2.75) is 37.9 Å². The zero-order chi connectivity index (χ0) is 23.5. The summed E-state index contributed by atoms with van der Waals surface area (Å²) in [6, 6.07) is 0. The zero-order valence-electron chi connectivity index (χ0n) is 17.1. The van der Waals surface area contributed by atoms with Gasteiger partial charge in [-0.1, -0.05) is 0 Å². The third-order valence-electron chi connectivity index (χ3n) is 3.47. The van der Waals surface area contributed by atoms with Crippen molar-refractivity contribution in [3.05, 3.63) is 0 Å². The first-order valence-corrected chi connectivity index (χ1v) is 9.54. The molecule has 0 aliphatic carbocycles. The molecule has 0 bridgehead atoms. The maximum absolute atomic E-state index is 10.6. The number of carboxylic acid groups (broad SMARTS) is 4. The second-order valence-corrected chi connectivity index (χ2v) is 6.25. The fourth-order valence-electron chi connectivity index (χ4n) is 1.99. The lowest BCUT2D eigenvalue weighted by Gasteiger charge is -2.21. The number of carboxylic acids is 4. The molecule has 0 aromatic carbocycles. The summed E-state index contributed by atoms with van der Waals surface area (Å²) in [5.74, 6) is -4.14. The average molecular weight is 454 g/mol. The quantitative estimate of drug-likeness (QED) is 0.156. The van der Waals surface area contributed by atoms with E-state index in [4.69, 9.17) is 44.1 Å². The van der Waals surface area contributed by atoms with E-state index in [2.05, 4.69) is 0 Å². The van der Waals surface area contributed by atoms with Crippen molar-refractivity contribution in [1.82, 2.24) is 0 Å². The van der Waals surface area contributed by atoms with Crippen LogP contribution in [0.4, 0.5) is 0 Å². The molecule has 0 spiro atoms. The second-order valence-electron chi connectivity index (χ2n) is 6.25. The molecule has 4 N–H and O–H groups in total. The Morgan fingerprint density at radius 1 is 0.484 bits per heavy atom. The van der Waals surface area contributed by atoms with E-state index in [1.165, 1.54) is 0 Å². The molecule has 0 aromatic rings. The zero-order valence-corrected chi connectivity index (χ0v) is 17.1. The Balaban J connectivity index is 4.48. The molecule has 13 nitrogen and oxygen atoms in total. The van der Waals surface area contributed by atoms with Crippen molar-refractivity contribution in [3.8, 4) is 0 Å². The van der Waals surface area contributed by atoms with Crippen LogP contribution in [0.5, 0.6) is 0 Å². The predicted molar refractivity (Wildman–Crippen MR) is 101 cm³/mol. The molecule has 0 saturated heterocycles. The van der Waals surface area contributed by atoms with Crippen LogP contribution < -0.4 is 0 Å². The van der Waals surface area contributed by atoms with Gasteiger partial charge in [-0.2, -0.15) is 0 Å². The molecule has 31 heavy (non-hydrogen) atoms. The van der Waals surface area contributed by atoms with E-state index >= 15 is 0 Å². The average Bonchev–Trinajstić information content (AvgIpc) is 2.66. The Morgan fingerprint density at radius 3 is 1.10 bits per heavy atom. The third-order valence-corrected chi connectivity index (χ3v) is 3.47. The molecule has 180 valence electrons. The van der Waals surface area contributed by atoms with E-state index in [9.17, 15) is 19.2 Å². The Kier molecular flexibility index (Phi) is 17.1. The number of ether oxygens (including phenoxy) is 5. The van der Waals surface area contributed by atoms with Crippen molar-refractivity contribution in [1.29, 1.82) is 0 Å². The standard InChI is InChI=1S/C18H30O13/c19-15(20)1-5-27-9-13(30-7-3-17(23)24)11-29-12-14(31-8-4-18(25)26)10-28-6-2-16(21)22/h13-14H,1-12H2,(H,19,20)(H,21,22)(H,23,24)(H,25,26). The molecule has 0 saturated carbocycles. The largest absolute Gasteiger partial charge is 0.481 e. The fraction of sp³-hybridized carbons (Fsp3) is 0.778. The summed E-state index contributed by atoms with van der Waals surface area (Å²) in [6.07, 6.45) is -2.19. The summed E-state index contributed by atoms with van der Waals surface area (Å²) in [7, 11) is 0. The molecule has 0 heterocycles. The molecule has 0 rings (SSSR count). The van der Waals surface area contributed by atoms with E-state index in [1.807, 2.05) is 0 Å². The van der Waals surface area contributed by atoms with Crippen LogP contribution in [-0.2, 0) is 42.9 Å². The summed E-state index contributed by atoms with van der Waals surface area (Å²) in [5, 5.41) is 34.6. The maximum Gasteiger partial charge on any atom is 0.305 e. The molecular weight excluding hydrogens is 424 g/mol. The topological polar surface area (TPSA) is 195 Å². The molecule has 0 aromatic heterocycles. The Hall–Kier alpha value is -2.32. The molecule has 13 heteroatoms. The van der Waals surface area contributed by atoms with Gasteiger partial charge in [-0.3, -0.25) is 19.2 Å². The van der Waals surface area contributed by atoms with Gasteiger partial charge in [0.25, 0.3) is 0 Å². The van der Waals surface area contributed by atoms with Gasteiger partial charge in [0, 0.05) is 0 Å². The first kappa shape index (κ1) is 28.7. The first-order chi connectivity index (χ1) is 14.7. The number of rotatable bonds is 22. The highest BCUT2D eigenvalue weighted by molar-refractivity contribution is 5.67. The van der Waals surface area contributed by atoms with E-state index in [-0.39, 0.29) is 78.5 Å². The number of hydrogen-bond acceptors (Lipinski definition) is 9. The normalized spacial score (nSPS) is 12.9.